The summed E-state index contributed by atoms with van der Waals surface area (Å²) < 4.78 is 19.4. The molecular weight excluding hydrogens is 317 g/mol. The number of rotatable bonds is 3. The number of allylic oxidation sites excluding steroid dienone is 4. The van der Waals surface area contributed by atoms with Crippen LogP contribution in [-0.2, 0) is 4.74 Å². The molecule has 138 valence electrons. The van der Waals surface area contributed by atoms with Crippen molar-refractivity contribution in [2.75, 3.05) is 6.61 Å². The lowest BCUT2D eigenvalue weighted by molar-refractivity contribution is -0.120. The molecule has 1 aliphatic heterocycles. The summed E-state index contributed by atoms with van der Waals surface area (Å²) in [6.07, 6.45) is 12.2. The van der Waals surface area contributed by atoms with Gasteiger partial charge in [-0.3, -0.25) is 0 Å². The molecule has 1 fully saturated rings. The fourth-order valence-electron chi connectivity index (χ4n) is 4.67. The normalized spacial score (nSPS) is 37.4. The Morgan fingerprint density at radius 3 is 2.92 bits per heavy atom. The highest BCUT2D eigenvalue weighted by molar-refractivity contribution is 5.34. The zero-order chi connectivity index (χ0) is 18.3. The van der Waals surface area contributed by atoms with Crippen LogP contribution in [0.5, 0.6) is 0 Å². The molecule has 0 aromatic carbocycles. The number of fused-ring (bicyclic) bond motifs is 4. The number of ether oxygens (including phenoxy) is 1. The Kier molecular flexibility index (Phi) is 4.71. The molecule has 0 spiro atoms. The van der Waals surface area contributed by atoms with Gasteiger partial charge >= 0.3 is 0 Å². The first-order valence-electron chi connectivity index (χ1n) is 9.20. The van der Waals surface area contributed by atoms with Crippen molar-refractivity contribution in [3.63, 3.8) is 0 Å². The summed E-state index contributed by atoms with van der Waals surface area (Å²) in [7, 11) is 0. The minimum absolute atomic E-state index is 0.233. The van der Waals surface area contributed by atoms with E-state index in [-0.39, 0.29) is 11.5 Å². The second-order valence-corrected chi connectivity index (χ2v) is 8.48. The van der Waals surface area contributed by atoms with Gasteiger partial charge in [-0.25, -0.2) is 4.39 Å². The summed E-state index contributed by atoms with van der Waals surface area (Å²) >= 11 is 0. The Hall–Kier alpha value is -1.39. The molecule has 3 rings (SSSR count). The molecule has 0 radical (unpaired) electrons. The van der Waals surface area contributed by atoms with Gasteiger partial charge in [0.15, 0.2) is 0 Å². The molecule has 4 heteroatoms. The Morgan fingerprint density at radius 1 is 1.44 bits per heavy atom. The topological polar surface area (TPSA) is 41.5 Å². The van der Waals surface area contributed by atoms with E-state index in [1.165, 1.54) is 6.08 Å². The SMILES string of the molecule is C=C(F)/C=C(\C)NC12CCCC(O)(COC(C)(C)C3=CC1CC=C3)C2. The molecule has 3 aliphatic rings. The summed E-state index contributed by atoms with van der Waals surface area (Å²) in [6.45, 7) is 9.63. The number of hydrogen-bond donors (Lipinski definition) is 2. The Bertz CT molecular complexity index is 648. The fourth-order valence-corrected chi connectivity index (χ4v) is 4.67. The molecule has 3 nitrogen and oxygen atoms in total. The molecule has 0 aromatic rings. The van der Waals surface area contributed by atoms with E-state index in [4.69, 9.17) is 4.74 Å². The first-order chi connectivity index (χ1) is 11.6. The van der Waals surface area contributed by atoms with Crippen molar-refractivity contribution < 1.29 is 14.2 Å². The summed E-state index contributed by atoms with van der Waals surface area (Å²) in [5.41, 5.74) is 0.310. The maximum Gasteiger partial charge on any atom is 0.117 e. The van der Waals surface area contributed by atoms with Crippen molar-refractivity contribution in [3.8, 4) is 0 Å². The van der Waals surface area contributed by atoms with Gasteiger partial charge in [0.25, 0.3) is 0 Å². The zero-order valence-electron chi connectivity index (χ0n) is 15.6. The summed E-state index contributed by atoms with van der Waals surface area (Å²) in [5.74, 6) is -0.226. The Morgan fingerprint density at radius 2 is 2.20 bits per heavy atom. The first kappa shape index (κ1) is 18.4. The predicted molar refractivity (Wildman–Crippen MR) is 98.7 cm³/mol. The van der Waals surface area contributed by atoms with E-state index >= 15 is 0 Å². The van der Waals surface area contributed by atoms with Gasteiger partial charge in [0, 0.05) is 23.6 Å². The van der Waals surface area contributed by atoms with Crippen molar-refractivity contribution in [1.82, 2.24) is 5.32 Å². The maximum atomic E-state index is 13.3. The van der Waals surface area contributed by atoms with Crippen LogP contribution in [0.3, 0.4) is 0 Å². The van der Waals surface area contributed by atoms with Gasteiger partial charge in [-0.05, 0) is 58.1 Å². The second-order valence-electron chi connectivity index (χ2n) is 8.48. The average molecular weight is 347 g/mol. The Labute approximate surface area is 150 Å². The van der Waals surface area contributed by atoms with E-state index in [1.54, 1.807) is 0 Å². The van der Waals surface area contributed by atoms with Gasteiger partial charge < -0.3 is 15.2 Å². The van der Waals surface area contributed by atoms with Crippen LogP contribution < -0.4 is 5.32 Å². The molecule has 1 saturated carbocycles. The van der Waals surface area contributed by atoms with Crippen LogP contribution in [0.15, 0.2) is 48.0 Å². The number of aliphatic hydroxyl groups is 1. The van der Waals surface area contributed by atoms with E-state index < -0.39 is 17.0 Å². The van der Waals surface area contributed by atoms with Crippen LogP contribution in [0.1, 0.15) is 52.9 Å². The lowest BCUT2D eigenvalue weighted by Gasteiger charge is -2.49. The fraction of sp³-hybridized carbons (Fsp3) is 0.619. The summed E-state index contributed by atoms with van der Waals surface area (Å²) in [6, 6.07) is 0. The third-order valence-corrected chi connectivity index (χ3v) is 5.90. The van der Waals surface area contributed by atoms with Gasteiger partial charge in [-0.1, -0.05) is 24.8 Å². The van der Waals surface area contributed by atoms with E-state index in [1.807, 2.05) is 6.92 Å². The largest absolute Gasteiger partial charge is 0.387 e. The van der Waals surface area contributed by atoms with Crippen LogP contribution in [0.2, 0.25) is 0 Å². The molecule has 0 aromatic heterocycles. The minimum Gasteiger partial charge on any atom is -0.387 e. The first-order valence-corrected chi connectivity index (χ1v) is 9.20. The molecule has 25 heavy (non-hydrogen) atoms. The number of hydrogen-bond acceptors (Lipinski definition) is 3. The summed E-state index contributed by atoms with van der Waals surface area (Å²) in [4.78, 5) is 0. The molecule has 3 atom stereocenters. The highest BCUT2D eigenvalue weighted by Gasteiger charge is 2.50. The van der Waals surface area contributed by atoms with Gasteiger partial charge in [-0.15, -0.1) is 0 Å². The predicted octanol–water partition coefficient (Wildman–Crippen LogP) is 4.32. The molecule has 3 unspecified atom stereocenters. The molecule has 1 heterocycles. The maximum absolute atomic E-state index is 13.3. The van der Waals surface area contributed by atoms with E-state index in [0.29, 0.717) is 13.0 Å². The monoisotopic (exact) mass is 347 g/mol. The van der Waals surface area contributed by atoms with Gasteiger partial charge in [0.2, 0.25) is 0 Å². The smallest absolute Gasteiger partial charge is 0.117 e. The van der Waals surface area contributed by atoms with Crippen molar-refractivity contribution in [3.05, 3.63) is 48.0 Å². The standard InChI is InChI=1S/C21H30FNO2/c1-15(22)11-16(2)23-21-10-6-9-20(24,13-21)14-25-19(3,4)17-7-5-8-18(21)12-17/h5,7,11-12,18,23-24H,1,6,8-10,13-14H2,2-4H3/b16-11+. The lowest BCUT2D eigenvalue weighted by Crippen LogP contribution is -2.58. The highest BCUT2D eigenvalue weighted by atomic mass is 19.1. The molecule has 2 aliphatic carbocycles. The van der Waals surface area contributed by atoms with Crippen LogP contribution in [0.25, 0.3) is 0 Å². The van der Waals surface area contributed by atoms with E-state index in [2.05, 4.69) is 44.0 Å². The Balaban J connectivity index is 2.04. The van der Waals surface area contributed by atoms with Crippen LogP contribution >= 0.6 is 0 Å². The number of halogens is 1. The van der Waals surface area contributed by atoms with Gasteiger partial charge in [0.1, 0.15) is 5.83 Å². The van der Waals surface area contributed by atoms with Gasteiger partial charge in [0.05, 0.1) is 17.8 Å². The lowest BCUT2D eigenvalue weighted by atomic mass is 9.65. The highest BCUT2D eigenvalue weighted by Crippen LogP contribution is 2.46. The zero-order valence-corrected chi connectivity index (χ0v) is 15.6. The second kappa shape index (κ2) is 6.40. The van der Waals surface area contributed by atoms with Crippen molar-refractivity contribution >= 4 is 0 Å². The minimum atomic E-state index is -0.860. The van der Waals surface area contributed by atoms with Crippen molar-refractivity contribution in [2.45, 2.75) is 69.6 Å². The molecule has 2 N–H and O–H groups in total. The van der Waals surface area contributed by atoms with Gasteiger partial charge in [-0.2, -0.15) is 0 Å². The molecule has 0 amide bonds. The van der Waals surface area contributed by atoms with Crippen molar-refractivity contribution in [2.24, 2.45) is 5.92 Å². The summed E-state index contributed by atoms with van der Waals surface area (Å²) in [5, 5.41) is 14.8. The quantitative estimate of drug-likeness (QED) is 0.747. The average Bonchev–Trinajstić information content (AvgIpc) is 2.53. The van der Waals surface area contributed by atoms with E-state index in [9.17, 15) is 9.50 Å². The number of nitrogens with one attached hydrogen (secondary N) is 1. The molecule has 4 bridgehead atoms. The van der Waals surface area contributed by atoms with Crippen LogP contribution in [0, 0.1) is 5.92 Å². The van der Waals surface area contributed by atoms with E-state index in [0.717, 1.165) is 37.0 Å². The van der Waals surface area contributed by atoms with Crippen LogP contribution in [-0.4, -0.2) is 28.5 Å². The molecular formula is C21H30FNO2. The third kappa shape index (κ3) is 3.75. The molecule has 0 saturated heterocycles. The van der Waals surface area contributed by atoms with Crippen molar-refractivity contribution in [1.29, 1.82) is 0 Å². The third-order valence-electron chi connectivity index (χ3n) is 5.90. The van der Waals surface area contributed by atoms with Crippen LogP contribution in [0.4, 0.5) is 4.39 Å².